The van der Waals surface area contributed by atoms with Crippen molar-refractivity contribution in [2.75, 3.05) is 13.1 Å². The molecule has 2 rings (SSSR count). The van der Waals surface area contributed by atoms with Gasteiger partial charge in [-0.15, -0.1) is 11.3 Å². The fraction of sp³-hybridized carbons (Fsp3) is 0.667. The van der Waals surface area contributed by atoms with Crippen LogP contribution < -0.4 is 0 Å². The van der Waals surface area contributed by atoms with E-state index in [4.69, 9.17) is 0 Å². The molecule has 1 aliphatic rings. The van der Waals surface area contributed by atoms with E-state index in [-0.39, 0.29) is 5.92 Å². The number of aryl methyl sites for hydroxylation is 2. The molecule has 2 unspecified atom stereocenters. The van der Waals surface area contributed by atoms with Crippen LogP contribution in [0.1, 0.15) is 23.1 Å². The van der Waals surface area contributed by atoms with Crippen LogP contribution in [0, 0.1) is 19.8 Å². The predicted octanol–water partition coefficient (Wildman–Crippen LogP) is 1.76. The highest BCUT2D eigenvalue weighted by Gasteiger charge is 2.35. The van der Waals surface area contributed by atoms with Gasteiger partial charge in [0.2, 0.25) is 10.0 Å². The van der Waals surface area contributed by atoms with Gasteiger partial charge in [0.1, 0.15) is 0 Å². The highest BCUT2D eigenvalue weighted by atomic mass is 32.2. The van der Waals surface area contributed by atoms with Gasteiger partial charge in [-0.3, -0.25) is 0 Å². The normalized spacial score (nSPS) is 23.4. The maximum Gasteiger partial charge on any atom is 0.244 e. The van der Waals surface area contributed by atoms with Gasteiger partial charge in [-0.1, -0.05) is 0 Å². The second-order valence-electron chi connectivity index (χ2n) is 4.93. The number of sulfonamides is 1. The molecule has 0 bridgehead atoms. The Labute approximate surface area is 112 Å². The van der Waals surface area contributed by atoms with Crippen LogP contribution in [0.2, 0.25) is 0 Å². The van der Waals surface area contributed by atoms with Crippen molar-refractivity contribution in [3.05, 3.63) is 15.8 Å². The van der Waals surface area contributed by atoms with E-state index in [1.165, 1.54) is 15.6 Å². The summed E-state index contributed by atoms with van der Waals surface area (Å²) in [5.74, 6) is 0.0554. The van der Waals surface area contributed by atoms with E-state index >= 15 is 0 Å². The molecule has 2 heterocycles. The topological polar surface area (TPSA) is 57.6 Å². The molecule has 1 fully saturated rings. The van der Waals surface area contributed by atoms with Gasteiger partial charge in [0.25, 0.3) is 0 Å². The molecule has 1 aliphatic heterocycles. The largest absolute Gasteiger partial charge is 0.393 e. The smallest absolute Gasteiger partial charge is 0.244 e. The van der Waals surface area contributed by atoms with Gasteiger partial charge in [0.15, 0.2) is 0 Å². The summed E-state index contributed by atoms with van der Waals surface area (Å²) in [7, 11) is -3.38. The number of nitrogens with zero attached hydrogens (tertiary/aromatic N) is 1. The monoisotopic (exact) mass is 289 g/mol. The first-order valence-corrected chi connectivity index (χ1v) is 8.33. The molecular formula is C12H19NO3S2. The molecule has 102 valence electrons. The Balaban J connectivity index is 2.26. The lowest BCUT2D eigenvalue weighted by molar-refractivity contribution is 0.133. The minimum absolute atomic E-state index is 0.0554. The summed E-state index contributed by atoms with van der Waals surface area (Å²) in [6.45, 7) is 6.41. The molecule has 6 heteroatoms. The molecule has 1 aromatic heterocycles. The van der Waals surface area contributed by atoms with Crippen molar-refractivity contribution in [3.8, 4) is 0 Å². The minimum Gasteiger partial charge on any atom is -0.393 e. The van der Waals surface area contributed by atoms with E-state index in [2.05, 4.69) is 0 Å². The standard InChI is InChI=1S/C12H19NO3S2/c1-8-6-12(10(3)17-8)18(15,16)13-5-4-11(7-13)9(2)14/h6,9,11,14H,4-5,7H2,1-3H3. The van der Waals surface area contributed by atoms with E-state index < -0.39 is 16.1 Å². The fourth-order valence-electron chi connectivity index (χ4n) is 2.37. The molecule has 18 heavy (non-hydrogen) atoms. The third kappa shape index (κ3) is 2.47. The number of hydrogen-bond donors (Lipinski definition) is 1. The van der Waals surface area contributed by atoms with E-state index in [0.29, 0.717) is 18.0 Å². The zero-order chi connectivity index (χ0) is 13.5. The zero-order valence-electron chi connectivity index (χ0n) is 10.9. The Morgan fingerprint density at radius 3 is 2.61 bits per heavy atom. The number of aliphatic hydroxyl groups is 1. The quantitative estimate of drug-likeness (QED) is 0.922. The molecule has 0 amide bonds. The van der Waals surface area contributed by atoms with Crippen LogP contribution in [-0.2, 0) is 10.0 Å². The molecular weight excluding hydrogens is 270 g/mol. The molecule has 1 N–H and O–H groups in total. The maximum absolute atomic E-state index is 12.5. The summed E-state index contributed by atoms with van der Waals surface area (Å²) in [5, 5.41) is 9.55. The van der Waals surface area contributed by atoms with Gasteiger partial charge in [-0.2, -0.15) is 4.31 Å². The van der Waals surface area contributed by atoms with Crippen LogP contribution in [0.15, 0.2) is 11.0 Å². The summed E-state index contributed by atoms with van der Waals surface area (Å²) in [6, 6.07) is 1.74. The Morgan fingerprint density at radius 1 is 1.50 bits per heavy atom. The molecule has 0 spiro atoms. The van der Waals surface area contributed by atoms with Crippen LogP contribution in [0.5, 0.6) is 0 Å². The Hall–Kier alpha value is -0.430. The second kappa shape index (κ2) is 4.92. The lowest BCUT2D eigenvalue weighted by atomic mass is 10.0. The number of hydrogen-bond acceptors (Lipinski definition) is 4. The number of thiophene rings is 1. The highest BCUT2D eigenvalue weighted by Crippen LogP contribution is 2.31. The van der Waals surface area contributed by atoms with Gasteiger partial charge in [-0.25, -0.2) is 8.42 Å². The Morgan fingerprint density at radius 2 is 2.17 bits per heavy atom. The van der Waals surface area contributed by atoms with E-state index in [9.17, 15) is 13.5 Å². The third-order valence-corrected chi connectivity index (χ3v) is 6.57. The summed E-state index contributed by atoms with van der Waals surface area (Å²) < 4.78 is 26.5. The van der Waals surface area contributed by atoms with Crippen LogP contribution in [-0.4, -0.2) is 37.0 Å². The molecule has 0 aromatic carbocycles. The van der Waals surface area contributed by atoms with Crippen molar-refractivity contribution < 1.29 is 13.5 Å². The molecule has 1 aromatic rings. The lowest BCUT2D eigenvalue weighted by Gasteiger charge is -2.17. The van der Waals surface area contributed by atoms with Crippen molar-refractivity contribution in [3.63, 3.8) is 0 Å². The molecule has 0 aliphatic carbocycles. The molecule has 0 radical (unpaired) electrons. The molecule has 1 saturated heterocycles. The van der Waals surface area contributed by atoms with Crippen molar-refractivity contribution in [1.29, 1.82) is 0 Å². The second-order valence-corrected chi connectivity index (χ2v) is 8.30. The van der Waals surface area contributed by atoms with Crippen molar-refractivity contribution >= 4 is 21.4 Å². The maximum atomic E-state index is 12.5. The third-order valence-electron chi connectivity index (χ3n) is 3.48. The first-order chi connectivity index (χ1) is 8.32. The summed E-state index contributed by atoms with van der Waals surface area (Å²) in [5.41, 5.74) is 0. The summed E-state index contributed by atoms with van der Waals surface area (Å²) in [4.78, 5) is 2.28. The van der Waals surface area contributed by atoms with Crippen LogP contribution in [0.3, 0.4) is 0 Å². The predicted molar refractivity (Wildman–Crippen MR) is 72.3 cm³/mol. The number of rotatable bonds is 3. The van der Waals surface area contributed by atoms with E-state index in [1.807, 2.05) is 13.8 Å². The van der Waals surface area contributed by atoms with Gasteiger partial charge in [-0.05, 0) is 39.2 Å². The SMILES string of the molecule is Cc1cc(S(=O)(=O)N2CCC(C(C)O)C2)c(C)s1. The van der Waals surface area contributed by atoms with Crippen LogP contribution in [0.25, 0.3) is 0 Å². The van der Waals surface area contributed by atoms with Crippen molar-refractivity contribution in [2.24, 2.45) is 5.92 Å². The van der Waals surface area contributed by atoms with Gasteiger partial charge in [0, 0.05) is 22.8 Å². The highest BCUT2D eigenvalue weighted by molar-refractivity contribution is 7.89. The van der Waals surface area contributed by atoms with E-state index in [0.717, 1.165) is 16.2 Å². The average molecular weight is 289 g/mol. The molecule has 0 saturated carbocycles. The van der Waals surface area contributed by atoms with Gasteiger partial charge >= 0.3 is 0 Å². The summed E-state index contributed by atoms with van der Waals surface area (Å²) >= 11 is 1.51. The van der Waals surface area contributed by atoms with Crippen molar-refractivity contribution in [2.45, 2.75) is 38.2 Å². The first kappa shape index (κ1) is 14.0. The summed E-state index contributed by atoms with van der Waals surface area (Å²) in [6.07, 6.45) is 0.287. The Bertz CT molecular complexity index is 534. The molecule has 4 nitrogen and oxygen atoms in total. The Kier molecular flexibility index (Phi) is 3.82. The number of aliphatic hydroxyl groups excluding tert-OH is 1. The van der Waals surface area contributed by atoms with Gasteiger partial charge < -0.3 is 5.11 Å². The van der Waals surface area contributed by atoms with Crippen molar-refractivity contribution in [1.82, 2.24) is 4.31 Å². The first-order valence-electron chi connectivity index (χ1n) is 6.07. The zero-order valence-corrected chi connectivity index (χ0v) is 12.5. The van der Waals surface area contributed by atoms with Crippen LogP contribution in [0.4, 0.5) is 0 Å². The van der Waals surface area contributed by atoms with E-state index in [1.54, 1.807) is 13.0 Å². The lowest BCUT2D eigenvalue weighted by Crippen LogP contribution is -2.30. The molecule has 2 atom stereocenters. The minimum atomic E-state index is -3.38. The fourth-order valence-corrected chi connectivity index (χ4v) is 5.40. The van der Waals surface area contributed by atoms with Crippen LogP contribution >= 0.6 is 11.3 Å². The van der Waals surface area contributed by atoms with Gasteiger partial charge in [0.05, 0.1) is 11.0 Å². The average Bonchev–Trinajstić information content (AvgIpc) is 2.85.